The highest BCUT2D eigenvalue weighted by Gasteiger charge is 2.17. The second-order valence-electron chi connectivity index (χ2n) is 14.4. The molecular formula is C53H34N2. The molecule has 2 heterocycles. The zero-order valence-electron chi connectivity index (χ0n) is 30.0. The van der Waals surface area contributed by atoms with Gasteiger partial charge in [-0.05, 0) is 97.4 Å². The summed E-state index contributed by atoms with van der Waals surface area (Å²) in [5.41, 5.74) is 14.8. The molecule has 55 heavy (non-hydrogen) atoms. The Balaban J connectivity index is 1.01. The van der Waals surface area contributed by atoms with Gasteiger partial charge in [-0.3, -0.25) is 0 Å². The van der Waals surface area contributed by atoms with Crippen molar-refractivity contribution in [2.75, 3.05) is 0 Å². The average molecular weight is 699 g/mol. The lowest BCUT2D eigenvalue weighted by molar-refractivity contribution is 1.19. The van der Waals surface area contributed by atoms with E-state index in [1.54, 1.807) is 0 Å². The van der Waals surface area contributed by atoms with Gasteiger partial charge in [0.25, 0.3) is 0 Å². The number of aromatic nitrogens is 2. The van der Waals surface area contributed by atoms with Crippen molar-refractivity contribution in [3.63, 3.8) is 0 Å². The molecule has 0 saturated heterocycles. The van der Waals surface area contributed by atoms with E-state index >= 15 is 0 Å². The Bertz CT molecular complexity index is 2990. The number of rotatable bonds is 6. The van der Waals surface area contributed by atoms with Crippen LogP contribution in [0.2, 0.25) is 0 Å². The van der Waals surface area contributed by atoms with E-state index in [9.17, 15) is 0 Å². The van der Waals surface area contributed by atoms with E-state index in [0.29, 0.717) is 0 Å². The van der Waals surface area contributed by atoms with E-state index in [0.717, 1.165) is 39.3 Å². The molecule has 9 aromatic carbocycles. The first-order valence-electron chi connectivity index (χ1n) is 18.9. The van der Waals surface area contributed by atoms with Crippen LogP contribution in [0.25, 0.3) is 105 Å². The summed E-state index contributed by atoms with van der Waals surface area (Å²) in [7, 11) is 0. The first-order valence-corrected chi connectivity index (χ1v) is 18.9. The monoisotopic (exact) mass is 698 g/mol. The van der Waals surface area contributed by atoms with Gasteiger partial charge >= 0.3 is 0 Å². The lowest BCUT2D eigenvalue weighted by Crippen LogP contribution is -1.94. The Labute approximate surface area is 319 Å². The van der Waals surface area contributed by atoms with Crippen molar-refractivity contribution in [3.8, 4) is 61.6 Å². The third-order valence-corrected chi connectivity index (χ3v) is 11.1. The van der Waals surface area contributed by atoms with Crippen LogP contribution in [0.5, 0.6) is 0 Å². The molecule has 0 atom stereocenters. The zero-order valence-corrected chi connectivity index (χ0v) is 30.0. The summed E-state index contributed by atoms with van der Waals surface area (Å²) >= 11 is 0. The molecule has 0 N–H and O–H groups in total. The van der Waals surface area contributed by atoms with Crippen LogP contribution in [0.15, 0.2) is 206 Å². The van der Waals surface area contributed by atoms with Gasteiger partial charge in [0.2, 0.25) is 0 Å². The minimum absolute atomic E-state index is 0.950. The molecule has 0 fully saturated rings. The maximum absolute atomic E-state index is 5.31. The van der Waals surface area contributed by atoms with Gasteiger partial charge in [0.1, 0.15) is 0 Å². The second kappa shape index (κ2) is 12.7. The van der Waals surface area contributed by atoms with Crippen molar-refractivity contribution >= 4 is 43.4 Å². The van der Waals surface area contributed by atoms with Crippen molar-refractivity contribution in [1.29, 1.82) is 0 Å². The standard InChI is InChI=1S/C53H34N2/c1-3-9-35(10-4-1)37-17-19-39(20-18-37)46-33-48(40-23-21-38(22-24-40)36-11-5-2-6-12-36)54-49(34-46)45-28-27-44-32-47(30-29-43(44)31-45)55-50-15-7-13-41-25-26-42-14-8-16-51(55)53(42)52(41)50/h1-34H. The van der Waals surface area contributed by atoms with E-state index in [4.69, 9.17) is 4.98 Å². The molecule has 11 rings (SSSR count). The predicted octanol–water partition coefficient (Wildman–Crippen LogP) is 14.3. The molecule has 2 nitrogen and oxygen atoms in total. The molecule has 0 spiro atoms. The molecule has 11 aromatic rings. The lowest BCUT2D eigenvalue weighted by atomic mass is 9.96. The Morgan fingerprint density at radius 2 is 0.709 bits per heavy atom. The number of pyridine rings is 1. The Morgan fingerprint density at radius 1 is 0.273 bits per heavy atom. The Kier molecular flexibility index (Phi) is 7.21. The molecule has 2 aromatic heterocycles. The number of hydrogen-bond acceptors (Lipinski definition) is 1. The first-order chi connectivity index (χ1) is 27.2. The van der Waals surface area contributed by atoms with E-state index < -0.39 is 0 Å². The third-order valence-electron chi connectivity index (χ3n) is 11.1. The summed E-state index contributed by atoms with van der Waals surface area (Å²) in [6, 6.07) is 74.5. The van der Waals surface area contributed by atoms with Crippen molar-refractivity contribution < 1.29 is 0 Å². The Hall–Kier alpha value is -7.29. The van der Waals surface area contributed by atoms with Gasteiger partial charge in [0, 0.05) is 27.6 Å². The summed E-state index contributed by atoms with van der Waals surface area (Å²) < 4.78 is 2.42. The van der Waals surface area contributed by atoms with Gasteiger partial charge in [-0.15, -0.1) is 0 Å². The highest BCUT2D eigenvalue weighted by Crippen LogP contribution is 2.40. The molecule has 0 radical (unpaired) electrons. The molecular weight excluding hydrogens is 665 g/mol. The van der Waals surface area contributed by atoms with Gasteiger partial charge in [0.05, 0.1) is 22.4 Å². The second-order valence-corrected chi connectivity index (χ2v) is 14.4. The van der Waals surface area contributed by atoms with Crippen molar-refractivity contribution in [3.05, 3.63) is 206 Å². The molecule has 0 aliphatic heterocycles. The molecule has 256 valence electrons. The summed E-state index contributed by atoms with van der Waals surface area (Å²) in [6.07, 6.45) is 0. The predicted molar refractivity (Wildman–Crippen MR) is 232 cm³/mol. The first kappa shape index (κ1) is 31.3. The van der Waals surface area contributed by atoms with Crippen LogP contribution in [-0.4, -0.2) is 9.55 Å². The number of fused-ring (bicyclic) bond motifs is 1. The van der Waals surface area contributed by atoms with Crippen molar-refractivity contribution in [1.82, 2.24) is 9.55 Å². The van der Waals surface area contributed by atoms with E-state index in [1.807, 2.05) is 0 Å². The summed E-state index contributed by atoms with van der Waals surface area (Å²) in [6.45, 7) is 0. The van der Waals surface area contributed by atoms with Gasteiger partial charge in [-0.25, -0.2) is 4.98 Å². The smallest absolute Gasteiger partial charge is 0.0715 e. The van der Waals surface area contributed by atoms with Crippen LogP contribution in [0, 0.1) is 0 Å². The van der Waals surface area contributed by atoms with Crippen LogP contribution < -0.4 is 0 Å². The quantitative estimate of drug-likeness (QED) is 0.158. The highest BCUT2D eigenvalue weighted by atomic mass is 15.0. The van der Waals surface area contributed by atoms with E-state index in [2.05, 4.69) is 211 Å². The SMILES string of the molecule is c1ccc(-c2ccc(-c3cc(-c4ccc(-c5ccccc5)cc4)nc(-c4ccc5cc(-n6c7cccc8ccc9cccc6c9c87)ccc5c4)c3)cc2)cc1. The van der Waals surface area contributed by atoms with Gasteiger partial charge in [-0.1, -0.05) is 164 Å². The van der Waals surface area contributed by atoms with Crippen LogP contribution in [0.3, 0.4) is 0 Å². The maximum Gasteiger partial charge on any atom is 0.0715 e. The fourth-order valence-corrected chi connectivity index (χ4v) is 8.37. The van der Waals surface area contributed by atoms with Crippen molar-refractivity contribution in [2.45, 2.75) is 0 Å². The number of benzene rings is 9. The van der Waals surface area contributed by atoms with Gasteiger partial charge in [-0.2, -0.15) is 0 Å². The molecule has 0 saturated carbocycles. The lowest BCUT2D eigenvalue weighted by Gasteiger charge is -2.13. The Morgan fingerprint density at radius 3 is 1.29 bits per heavy atom. The van der Waals surface area contributed by atoms with Crippen LogP contribution in [-0.2, 0) is 0 Å². The van der Waals surface area contributed by atoms with Crippen molar-refractivity contribution in [2.24, 2.45) is 0 Å². The van der Waals surface area contributed by atoms with Crippen LogP contribution in [0.4, 0.5) is 0 Å². The number of nitrogens with zero attached hydrogens (tertiary/aromatic N) is 2. The minimum Gasteiger partial charge on any atom is -0.309 e. The molecule has 2 heteroatoms. The largest absolute Gasteiger partial charge is 0.309 e. The summed E-state index contributed by atoms with van der Waals surface area (Å²) in [5, 5.41) is 7.59. The number of hydrogen-bond donors (Lipinski definition) is 0. The van der Waals surface area contributed by atoms with Crippen LogP contribution in [0.1, 0.15) is 0 Å². The average Bonchev–Trinajstić information content (AvgIpc) is 3.61. The van der Waals surface area contributed by atoms with Gasteiger partial charge < -0.3 is 4.57 Å². The topological polar surface area (TPSA) is 17.8 Å². The molecule has 0 aliphatic carbocycles. The van der Waals surface area contributed by atoms with Crippen LogP contribution >= 0.6 is 0 Å². The minimum atomic E-state index is 0.950. The molecule has 0 aliphatic rings. The van der Waals surface area contributed by atoms with E-state index in [-0.39, 0.29) is 0 Å². The fraction of sp³-hybridized carbons (Fsp3) is 0. The van der Waals surface area contributed by atoms with E-state index in [1.165, 1.54) is 65.6 Å². The fourth-order valence-electron chi connectivity index (χ4n) is 8.37. The summed E-state index contributed by atoms with van der Waals surface area (Å²) in [4.78, 5) is 5.31. The zero-order chi connectivity index (χ0) is 36.3. The molecule has 0 bridgehead atoms. The third kappa shape index (κ3) is 5.38. The molecule has 0 unspecified atom stereocenters. The maximum atomic E-state index is 5.31. The summed E-state index contributed by atoms with van der Waals surface area (Å²) in [5.74, 6) is 0. The molecule has 0 amide bonds. The normalized spacial score (nSPS) is 11.6. The highest BCUT2D eigenvalue weighted by molar-refractivity contribution is 6.24. The van der Waals surface area contributed by atoms with Gasteiger partial charge in [0.15, 0.2) is 0 Å².